The highest BCUT2D eigenvalue weighted by Crippen LogP contribution is 2.53. The average molecular weight is 988 g/mol. The summed E-state index contributed by atoms with van der Waals surface area (Å²) in [6, 6.07) is 37.1. The Hall–Kier alpha value is -5.60. The highest BCUT2D eigenvalue weighted by atomic mass is 31.2. The van der Waals surface area contributed by atoms with Gasteiger partial charge in [-0.1, -0.05) is 93.6 Å². The van der Waals surface area contributed by atoms with Gasteiger partial charge in [0.05, 0.1) is 46.3 Å². The van der Waals surface area contributed by atoms with Gasteiger partial charge in [0.25, 0.3) is 14.4 Å². The Labute approximate surface area is 414 Å². The fourth-order valence-electron chi connectivity index (χ4n) is 8.42. The van der Waals surface area contributed by atoms with E-state index >= 15 is 0 Å². The first kappa shape index (κ1) is 52.2. The third-order valence-electron chi connectivity index (χ3n) is 12.9. The summed E-state index contributed by atoms with van der Waals surface area (Å²) in [4.78, 5) is 27.5. The van der Waals surface area contributed by atoms with Gasteiger partial charge >= 0.3 is 0 Å². The van der Waals surface area contributed by atoms with Gasteiger partial charge in [0, 0.05) is 17.6 Å². The highest BCUT2D eigenvalue weighted by Gasteiger charge is 2.54. The second kappa shape index (κ2) is 22.6. The highest BCUT2D eigenvalue weighted by molar-refractivity contribution is 7.44. The molecule has 7 rings (SSSR count). The first-order chi connectivity index (χ1) is 33.5. The van der Waals surface area contributed by atoms with Gasteiger partial charge in [-0.2, -0.15) is 5.26 Å². The SMILES string of the molecule is COc1ccc(C(OC[C@H]2OC(n3cnc4c(NC(=O)c5ccccc5)ncnc43)[C@H](OP(OCCC#N)N(C(C)C)C(C)C)C2O[Si](C)(C)C(C)(C)C)(c2ccccc2)c2ccc(OC)cc2)cc1. The molecule has 1 amide bonds. The molecule has 70 heavy (non-hydrogen) atoms. The molecule has 3 unspecified atom stereocenters. The molecule has 3 heterocycles. The van der Waals surface area contributed by atoms with E-state index in [0.29, 0.717) is 28.2 Å². The van der Waals surface area contributed by atoms with Crippen molar-refractivity contribution in [3.8, 4) is 17.6 Å². The number of benzene rings is 4. The first-order valence-corrected chi connectivity index (χ1v) is 27.7. The van der Waals surface area contributed by atoms with Crippen LogP contribution in [0.5, 0.6) is 11.5 Å². The summed E-state index contributed by atoms with van der Waals surface area (Å²) in [7, 11) is -1.19. The predicted octanol–water partition coefficient (Wildman–Crippen LogP) is 11.1. The molecular formula is C53H66N7O8PSi. The maximum Gasteiger partial charge on any atom is 0.259 e. The van der Waals surface area contributed by atoms with Gasteiger partial charge in [-0.25, -0.2) is 19.6 Å². The number of hydrogen-bond donors (Lipinski definition) is 1. The second-order valence-electron chi connectivity index (χ2n) is 19.2. The van der Waals surface area contributed by atoms with Crippen LogP contribution < -0.4 is 14.8 Å². The molecule has 6 aromatic rings. The molecule has 2 aromatic heterocycles. The van der Waals surface area contributed by atoms with Crippen molar-refractivity contribution < 1.29 is 37.2 Å². The number of nitriles is 1. The predicted molar refractivity (Wildman–Crippen MR) is 274 cm³/mol. The molecule has 370 valence electrons. The number of carbonyl (C=O) groups excluding carboxylic acids is 1. The van der Waals surface area contributed by atoms with Crippen molar-refractivity contribution in [2.75, 3.05) is 32.8 Å². The molecule has 1 aliphatic heterocycles. The summed E-state index contributed by atoms with van der Waals surface area (Å²) in [6.07, 6.45) is -0.0636. The molecule has 0 bridgehead atoms. The third kappa shape index (κ3) is 11.3. The van der Waals surface area contributed by atoms with Gasteiger partial charge in [0.2, 0.25) is 0 Å². The Kier molecular flexibility index (Phi) is 16.9. The standard InChI is InChI=1S/C53H66N7O8PSi/c1-36(2)60(37(3)4)69(65-32-18-31-54)67-47-46(68-70(10,11)52(5,6)7)44(66-51(47)59-35-57-45-48(55-34-56-49(45)59)58-50(61)38-19-14-12-15-20-38)33-64-53(39-21-16-13-17-22-39,40-23-27-42(62-8)28-24-40)41-25-29-43(63-9)30-26-41/h12-17,19-30,34-37,44,46-47,51H,18,32-33H2,1-11H3,(H,55,56,58,61)/t44-,46?,47-,51?,69?/m1/s1. The number of rotatable bonds is 21. The lowest BCUT2D eigenvalue weighted by molar-refractivity contribution is -0.0928. The molecule has 0 radical (unpaired) electrons. The summed E-state index contributed by atoms with van der Waals surface area (Å²) < 4.78 is 51.7. The van der Waals surface area contributed by atoms with E-state index in [1.807, 2.05) is 77.4 Å². The number of anilines is 1. The number of imidazole rings is 1. The average Bonchev–Trinajstić information content (AvgIpc) is 3.93. The Morgan fingerprint density at radius 2 is 1.40 bits per heavy atom. The molecule has 0 spiro atoms. The minimum Gasteiger partial charge on any atom is -0.497 e. The van der Waals surface area contributed by atoms with Gasteiger partial charge in [0.1, 0.15) is 41.7 Å². The molecular weight excluding hydrogens is 922 g/mol. The van der Waals surface area contributed by atoms with Gasteiger partial charge in [-0.3, -0.25) is 9.36 Å². The summed E-state index contributed by atoms with van der Waals surface area (Å²) >= 11 is 0. The maximum absolute atomic E-state index is 13.5. The zero-order chi connectivity index (χ0) is 50.2. The number of fused-ring (bicyclic) bond motifs is 1. The molecule has 4 aromatic carbocycles. The first-order valence-electron chi connectivity index (χ1n) is 23.6. The molecule has 15 nitrogen and oxygen atoms in total. The van der Waals surface area contributed by atoms with Crippen molar-refractivity contribution >= 4 is 39.7 Å². The number of methoxy groups -OCH3 is 2. The quantitative estimate of drug-likeness (QED) is 0.0314. The van der Waals surface area contributed by atoms with Crippen molar-refractivity contribution in [2.45, 2.75) is 115 Å². The van der Waals surface area contributed by atoms with Gasteiger partial charge in [-0.15, -0.1) is 0 Å². The van der Waals surface area contributed by atoms with Crippen LogP contribution in [-0.2, 0) is 28.5 Å². The molecule has 17 heteroatoms. The number of carbonyl (C=O) groups is 1. The fourth-order valence-corrected chi connectivity index (χ4v) is 11.5. The largest absolute Gasteiger partial charge is 0.497 e. The maximum atomic E-state index is 13.5. The van der Waals surface area contributed by atoms with E-state index in [2.05, 4.69) is 94.7 Å². The van der Waals surface area contributed by atoms with Crippen LogP contribution in [0.3, 0.4) is 0 Å². The number of ether oxygens (including phenoxy) is 4. The van der Waals surface area contributed by atoms with E-state index in [-0.39, 0.29) is 48.5 Å². The Bertz CT molecular complexity index is 2620. The van der Waals surface area contributed by atoms with Crippen LogP contribution in [0.15, 0.2) is 122 Å². The smallest absolute Gasteiger partial charge is 0.259 e. The summed E-state index contributed by atoms with van der Waals surface area (Å²) in [6.45, 7) is 19.6. The molecule has 1 saturated heterocycles. The van der Waals surface area contributed by atoms with E-state index in [1.165, 1.54) is 6.33 Å². The number of nitrogens with one attached hydrogen (secondary N) is 1. The van der Waals surface area contributed by atoms with E-state index < -0.39 is 47.0 Å². The summed E-state index contributed by atoms with van der Waals surface area (Å²) in [5.41, 5.74) is 2.64. The zero-order valence-electron chi connectivity index (χ0n) is 42.0. The topological polar surface area (TPSA) is 164 Å². The molecule has 0 aliphatic carbocycles. The van der Waals surface area contributed by atoms with Crippen molar-refractivity contribution in [3.63, 3.8) is 0 Å². The zero-order valence-corrected chi connectivity index (χ0v) is 43.9. The summed E-state index contributed by atoms with van der Waals surface area (Å²) in [5, 5.41) is 12.4. The van der Waals surface area contributed by atoms with Gasteiger partial charge in [-0.05, 0) is 98.9 Å². The van der Waals surface area contributed by atoms with Crippen LogP contribution in [0.4, 0.5) is 5.82 Å². The summed E-state index contributed by atoms with van der Waals surface area (Å²) in [5.74, 6) is 1.30. The molecule has 0 saturated carbocycles. The van der Waals surface area contributed by atoms with Crippen LogP contribution in [0.25, 0.3) is 11.2 Å². The van der Waals surface area contributed by atoms with Gasteiger partial charge in [0.15, 0.2) is 31.5 Å². The molecule has 1 N–H and O–H groups in total. The van der Waals surface area contributed by atoms with E-state index in [1.54, 1.807) is 44.8 Å². The lowest BCUT2D eigenvalue weighted by Crippen LogP contribution is -2.51. The van der Waals surface area contributed by atoms with Crippen LogP contribution in [0, 0.1) is 11.3 Å². The Balaban J connectivity index is 1.40. The lowest BCUT2D eigenvalue weighted by atomic mass is 9.80. The number of nitrogens with zero attached hydrogens (tertiary/aromatic N) is 6. The van der Waals surface area contributed by atoms with Crippen molar-refractivity contribution in [1.29, 1.82) is 5.26 Å². The van der Waals surface area contributed by atoms with E-state index in [0.717, 1.165) is 16.7 Å². The van der Waals surface area contributed by atoms with Crippen LogP contribution in [-0.4, -0.2) is 96.2 Å². The van der Waals surface area contributed by atoms with Crippen molar-refractivity contribution in [1.82, 2.24) is 24.2 Å². The third-order valence-corrected chi connectivity index (χ3v) is 19.5. The van der Waals surface area contributed by atoms with Crippen molar-refractivity contribution in [3.05, 3.63) is 144 Å². The Morgan fingerprint density at radius 3 is 1.94 bits per heavy atom. The van der Waals surface area contributed by atoms with Crippen molar-refractivity contribution in [2.24, 2.45) is 0 Å². The Morgan fingerprint density at radius 1 is 0.829 bits per heavy atom. The normalized spacial score (nSPS) is 18.1. The molecule has 1 fully saturated rings. The number of aromatic nitrogens is 4. The van der Waals surface area contributed by atoms with Gasteiger partial charge < -0.3 is 37.7 Å². The van der Waals surface area contributed by atoms with Crippen LogP contribution in [0.2, 0.25) is 18.1 Å². The monoisotopic (exact) mass is 987 g/mol. The van der Waals surface area contributed by atoms with E-state index in [9.17, 15) is 10.1 Å². The molecule has 5 atom stereocenters. The van der Waals surface area contributed by atoms with Crippen LogP contribution in [0.1, 0.15) is 88.2 Å². The minimum absolute atomic E-state index is 0.00550. The second-order valence-corrected chi connectivity index (χ2v) is 25.4. The lowest BCUT2D eigenvalue weighted by Gasteiger charge is -2.43. The molecule has 1 aliphatic rings. The van der Waals surface area contributed by atoms with E-state index in [4.69, 9.17) is 42.4 Å². The number of amides is 1. The fraction of sp³-hybridized carbons (Fsp3) is 0.415. The van der Waals surface area contributed by atoms with Crippen LogP contribution >= 0.6 is 8.53 Å². The number of hydrogen-bond acceptors (Lipinski definition) is 13. The minimum atomic E-state index is -2.65.